The molecule has 0 aliphatic carbocycles. The summed E-state index contributed by atoms with van der Waals surface area (Å²) >= 11 is 0. The van der Waals surface area contributed by atoms with Crippen LogP contribution in [0.25, 0.3) is 6.08 Å². The lowest BCUT2D eigenvalue weighted by molar-refractivity contribution is -0.128. The quantitative estimate of drug-likeness (QED) is 0.525. The Balaban J connectivity index is 1.54. The van der Waals surface area contributed by atoms with Gasteiger partial charge in [0.2, 0.25) is 0 Å². The van der Waals surface area contributed by atoms with Crippen molar-refractivity contribution in [2.45, 2.75) is 26.4 Å². The summed E-state index contributed by atoms with van der Waals surface area (Å²) in [6, 6.07) is 12.3. The number of nitriles is 1. The molecule has 0 unspecified atom stereocenters. The Morgan fingerprint density at radius 1 is 1.23 bits per heavy atom. The second-order valence-corrected chi connectivity index (χ2v) is 6.83. The zero-order valence-corrected chi connectivity index (χ0v) is 17.3. The van der Waals surface area contributed by atoms with Crippen LogP contribution in [0.4, 0.5) is 0 Å². The molecule has 1 heterocycles. The van der Waals surface area contributed by atoms with Crippen LogP contribution in [0, 0.1) is 11.3 Å². The molecule has 2 N–H and O–H groups in total. The van der Waals surface area contributed by atoms with Gasteiger partial charge in [0.15, 0.2) is 6.61 Å². The summed E-state index contributed by atoms with van der Waals surface area (Å²) in [5, 5.41) is 9.02. The lowest BCUT2D eigenvalue weighted by atomic mass is 10.1. The topological polar surface area (TPSA) is 110 Å². The Morgan fingerprint density at radius 2 is 2.03 bits per heavy atom. The van der Waals surface area contributed by atoms with Crippen molar-refractivity contribution in [1.29, 1.82) is 5.26 Å². The summed E-state index contributed by atoms with van der Waals surface area (Å²) in [5.41, 5.74) is 6.64. The van der Waals surface area contributed by atoms with Gasteiger partial charge < -0.3 is 14.2 Å². The van der Waals surface area contributed by atoms with E-state index in [0.29, 0.717) is 29.2 Å². The van der Waals surface area contributed by atoms with E-state index in [1.165, 1.54) is 6.08 Å². The standard InChI is InChI=1S/C23H23N3O5/c1-3-29-20-12-18-10-15(2)31-21(18)11-16(20)8-9-22(27)25-26-23(28)14-30-19-7-5-4-6-17(19)13-24/h4-9,11-12,15H,3,10,14H2,1-2H3,(H,25,27)(H,26,28)/b9-8+/t15-/m1/s1. The average Bonchev–Trinajstić information content (AvgIpc) is 3.13. The maximum Gasteiger partial charge on any atom is 0.276 e. The van der Waals surface area contributed by atoms with E-state index in [1.54, 1.807) is 30.3 Å². The van der Waals surface area contributed by atoms with Gasteiger partial charge in [0.25, 0.3) is 11.8 Å². The number of hydrogen-bond donors (Lipinski definition) is 2. The molecule has 1 aliphatic heterocycles. The van der Waals surface area contributed by atoms with Crippen molar-refractivity contribution in [1.82, 2.24) is 10.9 Å². The minimum absolute atomic E-state index is 0.101. The number of ether oxygens (including phenoxy) is 3. The van der Waals surface area contributed by atoms with Crippen molar-refractivity contribution in [2.24, 2.45) is 0 Å². The van der Waals surface area contributed by atoms with E-state index in [2.05, 4.69) is 10.9 Å². The van der Waals surface area contributed by atoms with E-state index < -0.39 is 11.8 Å². The Bertz CT molecular complexity index is 1040. The first-order valence-electron chi connectivity index (χ1n) is 9.85. The summed E-state index contributed by atoms with van der Waals surface area (Å²) < 4.78 is 16.7. The van der Waals surface area contributed by atoms with Gasteiger partial charge in [-0.2, -0.15) is 5.26 Å². The molecular weight excluding hydrogens is 398 g/mol. The van der Waals surface area contributed by atoms with Crippen molar-refractivity contribution >= 4 is 17.9 Å². The lowest BCUT2D eigenvalue weighted by Gasteiger charge is -2.10. The van der Waals surface area contributed by atoms with Crippen LogP contribution in [0.15, 0.2) is 42.5 Å². The summed E-state index contributed by atoms with van der Waals surface area (Å²) in [7, 11) is 0. The Morgan fingerprint density at radius 3 is 2.81 bits per heavy atom. The molecule has 0 bridgehead atoms. The van der Waals surface area contributed by atoms with Crippen LogP contribution in [0.2, 0.25) is 0 Å². The van der Waals surface area contributed by atoms with Gasteiger partial charge in [0.1, 0.15) is 29.4 Å². The second-order valence-electron chi connectivity index (χ2n) is 6.83. The van der Waals surface area contributed by atoms with E-state index >= 15 is 0 Å². The number of para-hydroxylation sites is 1. The van der Waals surface area contributed by atoms with Gasteiger partial charge in [-0.3, -0.25) is 20.4 Å². The Hall–Kier alpha value is -3.99. The van der Waals surface area contributed by atoms with Crippen LogP contribution in [0.5, 0.6) is 17.2 Å². The first-order chi connectivity index (χ1) is 15.0. The third-order valence-corrected chi connectivity index (χ3v) is 4.43. The number of hydrazine groups is 1. The van der Waals surface area contributed by atoms with E-state index in [9.17, 15) is 9.59 Å². The van der Waals surface area contributed by atoms with Gasteiger partial charge in [0, 0.05) is 23.6 Å². The number of rotatable bonds is 7. The summed E-state index contributed by atoms with van der Waals surface area (Å²) in [4.78, 5) is 24.0. The maximum absolute atomic E-state index is 12.1. The highest BCUT2D eigenvalue weighted by Crippen LogP contribution is 2.35. The number of fused-ring (bicyclic) bond motifs is 1. The molecule has 2 aromatic carbocycles. The summed E-state index contributed by atoms with van der Waals surface area (Å²) in [6.07, 6.45) is 3.80. The minimum Gasteiger partial charge on any atom is -0.493 e. The molecule has 0 saturated heterocycles. The van der Waals surface area contributed by atoms with Crippen LogP contribution in [0.1, 0.15) is 30.5 Å². The normalized spacial score (nSPS) is 14.3. The molecular formula is C23H23N3O5. The van der Waals surface area contributed by atoms with Gasteiger partial charge >= 0.3 is 0 Å². The summed E-state index contributed by atoms with van der Waals surface area (Å²) in [5.74, 6) is 0.645. The molecule has 3 rings (SSSR count). The highest BCUT2D eigenvalue weighted by molar-refractivity contribution is 5.93. The first-order valence-corrected chi connectivity index (χ1v) is 9.85. The third-order valence-electron chi connectivity index (χ3n) is 4.43. The van der Waals surface area contributed by atoms with Crippen LogP contribution in [-0.4, -0.2) is 31.1 Å². The third kappa shape index (κ3) is 5.76. The Labute approximate surface area is 180 Å². The number of amides is 2. The zero-order valence-electron chi connectivity index (χ0n) is 17.3. The fourth-order valence-corrected chi connectivity index (χ4v) is 3.07. The fourth-order valence-electron chi connectivity index (χ4n) is 3.07. The van der Waals surface area contributed by atoms with E-state index in [0.717, 1.165) is 17.7 Å². The number of hydrogen-bond acceptors (Lipinski definition) is 6. The van der Waals surface area contributed by atoms with Gasteiger partial charge in [0.05, 0.1) is 12.2 Å². The van der Waals surface area contributed by atoms with Crippen LogP contribution in [-0.2, 0) is 16.0 Å². The average molecular weight is 421 g/mol. The molecule has 2 aromatic rings. The molecule has 0 aromatic heterocycles. The van der Waals surface area contributed by atoms with Crippen molar-refractivity contribution < 1.29 is 23.8 Å². The van der Waals surface area contributed by atoms with Gasteiger partial charge in [-0.05, 0) is 44.2 Å². The SMILES string of the molecule is CCOc1cc2c(cc1/C=C/C(=O)NNC(=O)COc1ccccc1C#N)O[C@H](C)C2. The molecule has 0 saturated carbocycles. The molecule has 160 valence electrons. The minimum atomic E-state index is -0.565. The predicted octanol–water partition coefficient (Wildman–Crippen LogP) is 2.52. The molecule has 0 fully saturated rings. The molecule has 0 radical (unpaired) electrons. The Kier molecular flexibility index (Phi) is 7.12. The van der Waals surface area contributed by atoms with Gasteiger partial charge in [-0.25, -0.2) is 0 Å². The van der Waals surface area contributed by atoms with Crippen molar-refractivity contribution in [3.05, 3.63) is 59.2 Å². The lowest BCUT2D eigenvalue weighted by Crippen LogP contribution is -2.43. The largest absolute Gasteiger partial charge is 0.493 e. The monoisotopic (exact) mass is 421 g/mol. The number of benzene rings is 2. The van der Waals surface area contributed by atoms with Gasteiger partial charge in [-0.15, -0.1) is 0 Å². The van der Waals surface area contributed by atoms with Crippen LogP contribution < -0.4 is 25.1 Å². The van der Waals surface area contributed by atoms with Crippen LogP contribution >= 0.6 is 0 Å². The molecule has 0 spiro atoms. The molecule has 1 aliphatic rings. The van der Waals surface area contributed by atoms with E-state index in [-0.39, 0.29) is 12.7 Å². The van der Waals surface area contributed by atoms with Crippen molar-refractivity contribution in [3.8, 4) is 23.3 Å². The van der Waals surface area contributed by atoms with E-state index in [1.807, 2.05) is 32.0 Å². The van der Waals surface area contributed by atoms with Crippen molar-refractivity contribution in [2.75, 3.05) is 13.2 Å². The van der Waals surface area contributed by atoms with Crippen LogP contribution in [0.3, 0.4) is 0 Å². The first kappa shape index (κ1) is 21.7. The van der Waals surface area contributed by atoms with E-state index in [4.69, 9.17) is 19.5 Å². The number of carbonyl (C=O) groups is 2. The van der Waals surface area contributed by atoms with Crippen molar-refractivity contribution in [3.63, 3.8) is 0 Å². The molecule has 31 heavy (non-hydrogen) atoms. The zero-order chi connectivity index (χ0) is 22.2. The molecule has 2 amide bonds. The highest BCUT2D eigenvalue weighted by atomic mass is 16.5. The molecule has 1 atom stereocenters. The fraction of sp³-hybridized carbons (Fsp3) is 0.261. The highest BCUT2D eigenvalue weighted by Gasteiger charge is 2.21. The molecule has 8 heteroatoms. The predicted molar refractivity (Wildman–Crippen MR) is 113 cm³/mol. The smallest absolute Gasteiger partial charge is 0.276 e. The van der Waals surface area contributed by atoms with Gasteiger partial charge in [-0.1, -0.05) is 12.1 Å². The number of carbonyl (C=O) groups excluding carboxylic acids is 2. The number of nitrogens with one attached hydrogen (secondary N) is 2. The number of nitrogens with zero attached hydrogens (tertiary/aromatic N) is 1. The maximum atomic E-state index is 12.1. The second kappa shape index (κ2) is 10.2. The summed E-state index contributed by atoms with van der Waals surface area (Å²) in [6.45, 7) is 4.03. The molecule has 8 nitrogen and oxygen atoms in total.